The van der Waals surface area contributed by atoms with Gasteiger partial charge in [0.15, 0.2) is 0 Å². The van der Waals surface area contributed by atoms with E-state index < -0.39 is 0 Å². The van der Waals surface area contributed by atoms with Gasteiger partial charge in [-0.15, -0.1) is 0 Å². The number of hydrogen-bond acceptors (Lipinski definition) is 3. The van der Waals surface area contributed by atoms with Crippen LogP contribution in [0.3, 0.4) is 0 Å². The van der Waals surface area contributed by atoms with Crippen molar-refractivity contribution in [3.05, 3.63) is 28.7 Å². The van der Waals surface area contributed by atoms with Gasteiger partial charge in [-0.3, -0.25) is 4.79 Å². The SMILES string of the molecule is CC1CCN(c2ccc(=O)n(CCCCC=O)c2)CC1. The van der Waals surface area contributed by atoms with Crippen LogP contribution in [0.2, 0.25) is 0 Å². The Morgan fingerprint density at radius 3 is 2.70 bits per heavy atom. The molecule has 0 radical (unpaired) electrons. The molecule has 1 aromatic heterocycles. The molecular formula is C16H24N2O2. The number of aryl methyl sites for hydroxylation is 1. The number of anilines is 1. The minimum Gasteiger partial charge on any atom is -0.370 e. The van der Waals surface area contributed by atoms with Gasteiger partial charge in [-0.2, -0.15) is 0 Å². The Labute approximate surface area is 120 Å². The first-order valence-electron chi connectivity index (χ1n) is 7.60. The summed E-state index contributed by atoms with van der Waals surface area (Å²) in [5.74, 6) is 0.806. The Bertz CT molecular complexity index is 487. The lowest BCUT2D eigenvalue weighted by atomic mass is 9.99. The van der Waals surface area contributed by atoms with E-state index in [9.17, 15) is 9.59 Å². The standard InChI is InChI=1S/C16H24N2O2/c1-14-7-10-17(11-8-14)15-5-6-16(20)18(13-15)9-3-2-4-12-19/h5-6,12-14H,2-4,7-11H2,1H3. The van der Waals surface area contributed by atoms with Crippen LogP contribution in [-0.4, -0.2) is 23.9 Å². The van der Waals surface area contributed by atoms with E-state index in [1.165, 1.54) is 12.8 Å². The van der Waals surface area contributed by atoms with Crippen LogP contribution in [0, 0.1) is 5.92 Å². The number of nitrogens with zero attached hydrogens (tertiary/aromatic N) is 2. The maximum Gasteiger partial charge on any atom is 0.250 e. The summed E-state index contributed by atoms with van der Waals surface area (Å²) in [6.45, 7) is 5.14. The minimum absolute atomic E-state index is 0.0465. The summed E-state index contributed by atoms with van der Waals surface area (Å²) in [5.41, 5.74) is 1.19. The number of carbonyl (C=O) groups is 1. The highest BCUT2D eigenvalue weighted by Crippen LogP contribution is 2.21. The van der Waals surface area contributed by atoms with Gasteiger partial charge >= 0.3 is 0 Å². The van der Waals surface area contributed by atoms with Gasteiger partial charge < -0.3 is 14.3 Å². The predicted molar refractivity (Wildman–Crippen MR) is 81.2 cm³/mol. The Morgan fingerprint density at radius 2 is 2.00 bits per heavy atom. The Balaban J connectivity index is 2.00. The molecule has 1 aliphatic heterocycles. The summed E-state index contributed by atoms with van der Waals surface area (Å²) < 4.78 is 1.78. The van der Waals surface area contributed by atoms with E-state index in [1.54, 1.807) is 10.6 Å². The second-order valence-corrected chi connectivity index (χ2v) is 5.75. The number of unbranched alkanes of at least 4 members (excludes halogenated alkanes) is 2. The molecule has 0 unspecified atom stereocenters. The van der Waals surface area contributed by atoms with Crippen molar-refractivity contribution in [2.45, 2.75) is 45.6 Å². The third-order valence-electron chi connectivity index (χ3n) is 4.09. The summed E-state index contributed by atoms with van der Waals surface area (Å²) in [6, 6.07) is 3.59. The molecule has 0 aromatic carbocycles. The molecule has 0 atom stereocenters. The molecule has 1 aliphatic rings. The first kappa shape index (κ1) is 14.8. The molecule has 0 N–H and O–H groups in total. The molecule has 1 aromatic rings. The number of aromatic nitrogens is 1. The summed E-state index contributed by atoms with van der Waals surface area (Å²) in [4.78, 5) is 24.5. The maximum absolute atomic E-state index is 11.8. The second-order valence-electron chi connectivity index (χ2n) is 5.75. The lowest BCUT2D eigenvalue weighted by molar-refractivity contribution is -0.107. The highest BCUT2D eigenvalue weighted by Gasteiger charge is 2.16. The van der Waals surface area contributed by atoms with Gasteiger partial charge in [-0.05, 0) is 37.7 Å². The van der Waals surface area contributed by atoms with Crippen molar-refractivity contribution in [2.75, 3.05) is 18.0 Å². The van der Waals surface area contributed by atoms with Crippen LogP contribution in [0.1, 0.15) is 39.0 Å². The maximum atomic E-state index is 11.8. The molecule has 1 fully saturated rings. The zero-order valence-corrected chi connectivity index (χ0v) is 12.3. The van der Waals surface area contributed by atoms with Crippen LogP contribution in [0.5, 0.6) is 0 Å². The molecule has 2 rings (SSSR count). The molecule has 0 aliphatic carbocycles. The Morgan fingerprint density at radius 1 is 1.25 bits per heavy atom. The van der Waals surface area contributed by atoms with Crippen LogP contribution in [0.4, 0.5) is 5.69 Å². The van der Waals surface area contributed by atoms with Crippen molar-refractivity contribution in [3.8, 4) is 0 Å². The molecule has 20 heavy (non-hydrogen) atoms. The third-order valence-corrected chi connectivity index (χ3v) is 4.09. The average Bonchev–Trinajstić information content (AvgIpc) is 2.46. The van der Waals surface area contributed by atoms with Gasteiger partial charge in [0.05, 0.1) is 5.69 Å². The van der Waals surface area contributed by atoms with Gasteiger partial charge in [0.2, 0.25) is 0 Å². The van der Waals surface area contributed by atoms with E-state index in [1.807, 2.05) is 12.3 Å². The van der Waals surface area contributed by atoms with Crippen LogP contribution in [-0.2, 0) is 11.3 Å². The van der Waals surface area contributed by atoms with E-state index in [2.05, 4.69) is 11.8 Å². The average molecular weight is 276 g/mol. The monoisotopic (exact) mass is 276 g/mol. The van der Waals surface area contributed by atoms with E-state index in [4.69, 9.17) is 0 Å². The van der Waals surface area contributed by atoms with Crippen molar-refractivity contribution in [2.24, 2.45) is 5.92 Å². The summed E-state index contributed by atoms with van der Waals surface area (Å²) in [6.07, 6.45) is 7.66. The first-order chi connectivity index (χ1) is 9.70. The quantitative estimate of drug-likeness (QED) is 0.592. The molecule has 4 heteroatoms. The van der Waals surface area contributed by atoms with Gasteiger partial charge in [0, 0.05) is 38.3 Å². The summed E-state index contributed by atoms with van der Waals surface area (Å²) >= 11 is 0. The molecule has 0 saturated carbocycles. The lowest BCUT2D eigenvalue weighted by Crippen LogP contribution is -2.33. The molecular weight excluding hydrogens is 252 g/mol. The number of carbonyl (C=O) groups excluding carboxylic acids is 1. The van der Waals surface area contributed by atoms with Crippen LogP contribution < -0.4 is 10.5 Å². The normalized spacial score (nSPS) is 16.4. The smallest absolute Gasteiger partial charge is 0.250 e. The largest absolute Gasteiger partial charge is 0.370 e. The van der Waals surface area contributed by atoms with Crippen molar-refractivity contribution in [1.82, 2.24) is 4.57 Å². The molecule has 4 nitrogen and oxygen atoms in total. The lowest BCUT2D eigenvalue weighted by Gasteiger charge is -2.32. The Kier molecular flexibility index (Phi) is 5.39. The summed E-state index contributed by atoms with van der Waals surface area (Å²) in [7, 11) is 0. The van der Waals surface area contributed by atoms with Crippen LogP contribution >= 0.6 is 0 Å². The van der Waals surface area contributed by atoms with E-state index in [0.717, 1.165) is 43.8 Å². The van der Waals surface area contributed by atoms with E-state index in [-0.39, 0.29) is 5.56 Å². The minimum atomic E-state index is 0.0465. The second kappa shape index (κ2) is 7.27. The fourth-order valence-corrected chi connectivity index (χ4v) is 2.66. The summed E-state index contributed by atoms with van der Waals surface area (Å²) in [5, 5.41) is 0. The van der Waals surface area contributed by atoms with Gasteiger partial charge in [0.25, 0.3) is 5.56 Å². The highest BCUT2D eigenvalue weighted by molar-refractivity contribution is 5.49. The molecule has 0 bridgehead atoms. The number of aldehydes is 1. The zero-order valence-electron chi connectivity index (χ0n) is 12.3. The van der Waals surface area contributed by atoms with Crippen LogP contribution in [0.15, 0.2) is 23.1 Å². The predicted octanol–water partition coefficient (Wildman–Crippen LogP) is 2.45. The van der Waals surface area contributed by atoms with Crippen molar-refractivity contribution in [1.29, 1.82) is 0 Å². The topological polar surface area (TPSA) is 42.3 Å². The van der Waals surface area contributed by atoms with Gasteiger partial charge in [-0.1, -0.05) is 6.92 Å². The van der Waals surface area contributed by atoms with Crippen molar-refractivity contribution in [3.63, 3.8) is 0 Å². The Hall–Kier alpha value is -1.58. The van der Waals surface area contributed by atoms with Gasteiger partial charge in [-0.25, -0.2) is 0 Å². The molecule has 0 amide bonds. The number of pyridine rings is 1. The molecule has 0 spiro atoms. The van der Waals surface area contributed by atoms with Crippen molar-refractivity contribution < 1.29 is 4.79 Å². The number of piperidine rings is 1. The highest BCUT2D eigenvalue weighted by atomic mass is 16.1. The molecule has 110 valence electrons. The van der Waals surface area contributed by atoms with E-state index >= 15 is 0 Å². The van der Waals surface area contributed by atoms with Crippen LogP contribution in [0.25, 0.3) is 0 Å². The third kappa shape index (κ3) is 3.95. The number of hydrogen-bond donors (Lipinski definition) is 0. The first-order valence-corrected chi connectivity index (χ1v) is 7.60. The molecule has 2 heterocycles. The van der Waals surface area contributed by atoms with E-state index in [0.29, 0.717) is 13.0 Å². The zero-order chi connectivity index (χ0) is 14.4. The molecule has 1 saturated heterocycles. The number of rotatable bonds is 6. The van der Waals surface area contributed by atoms with Gasteiger partial charge in [0.1, 0.15) is 6.29 Å². The van der Waals surface area contributed by atoms with Crippen molar-refractivity contribution >= 4 is 12.0 Å². The fourth-order valence-electron chi connectivity index (χ4n) is 2.66. The fraction of sp³-hybridized carbons (Fsp3) is 0.625.